The number of aromatic nitrogens is 1. The number of rotatable bonds is 8. The number of amides is 2. The van der Waals surface area contributed by atoms with Crippen molar-refractivity contribution in [3.63, 3.8) is 0 Å². The lowest BCUT2D eigenvalue weighted by atomic mass is 9.95. The molecule has 3 aromatic rings. The third kappa shape index (κ3) is 6.70. The summed E-state index contributed by atoms with van der Waals surface area (Å²) in [5.74, 6) is -0.0240. The van der Waals surface area contributed by atoms with E-state index in [1.165, 1.54) is 0 Å². The zero-order valence-corrected chi connectivity index (χ0v) is 22.7. The number of benzene rings is 2. The van der Waals surface area contributed by atoms with Crippen LogP contribution in [0, 0.1) is 5.92 Å². The van der Waals surface area contributed by atoms with Gasteiger partial charge in [0.15, 0.2) is 5.60 Å². The summed E-state index contributed by atoms with van der Waals surface area (Å²) >= 11 is 0. The molecule has 3 rings (SSSR count). The molecule has 1 heterocycles. The molecule has 0 aliphatic rings. The molecule has 0 bridgehead atoms. The maximum Gasteiger partial charge on any atom is 0.407 e. The zero-order valence-electron chi connectivity index (χ0n) is 22.7. The molecule has 0 aliphatic heterocycles. The number of nitrogens with zero attached hydrogens (tertiary/aromatic N) is 1. The van der Waals surface area contributed by atoms with E-state index in [0.717, 1.165) is 11.1 Å². The number of primary amides is 1. The molecule has 0 spiro atoms. The lowest BCUT2D eigenvalue weighted by Gasteiger charge is -2.25. The number of hydrogen-bond donors (Lipinski definition) is 2. The van der Waals surface area contributed by atoms with Crippen LogP contribution in [0.3, 0.4) is 0 Å². The fourth-order valence-corrected chi connectivity index (χ4v) is 4.02. The number of alkyl carbamates (subject to hydrolysis) is 1. The predicted molar refractivity (Wildman–Crippen MR) is 145 cm³/mol. The van der Waals surface area contributed by atoms with Crippen molar-refractivity contribution >= 4 is 22.8 Å². The Hall–Kier alpha value is -3.81. The topological polar surface area (TPSA) is 113 Å². The second-order valence-corrected chi connectivity index (χ2v) is 11.0. The van der Waals surface area contributed by atoms with E-state index < -0.39 is 23.2 Å². The van der Waals surface area contributed by atoms with Crippen LogP contribution in [0.5, 0.6) is 5.75 Å². The van der Waals surface area contributed by atoms with Crippen LogP contribution in [0.15, 0.2) is 53.3 Å². The van der Waals surface area contributed by atoms with Gasteiger partial charge in [-0.2, -0.15) is 0 Å². The smallest absolute Gasteiger partial charge is 0.407 e. The number of nitrogens with one attached hydrogen (secondary N) is 1. The highest BCUT2D eigenvalue weighted by Gasteiger charge is 2.28. The van der Waals surface area contributed by atoms with Crippen LogP contribution in [0.1, 0.15) is 54.2 Å². The molecule has 2 amide bonds. The van der Waals surface area contributed by atoms with E-state index in [9.17, 15) is 14.4 Å². The normalized spacial score (nSPS) is 12.0. The Morgan fingerprint density at radius 1 is 1.00 bits per heavy atom. The van der Waals surface area contributed by atoms with Crippen molar-refractivity contribution in [1.29, 1.82) is 0 Å². The fraction of sp³-hybridized carbons (Fsp3) is 0.414. The molecule has 37 heavy (non-hydrogen) atoms. The minimum Gasteiger partial charge on any atom is -0.478 e. The van der Waals surface area contributed by atoms with Crippen molar-refractivity contribution < 1.29 is 19.1 Å². The maximum absolute atomic E-state index is 13.8. The Kier molecular flexibility index (Phi) is 8.00. The van der Waals surface area contributed by atoms with E-state index in [4.69, 9.17) is 15.2 Å². The van der Waals surface area contributed by atoms with Gasteiger partial charge in [0.1, 0.15) is 11.4 Å². The number of carbonyl (C=O) groups is 2. The van der Waals surface area contributed by atoms with Crippen molar-refractivity contribution in [3.05, 3.63) is 64.6 Å². The van der Waals surface area contributed by atoms with E-state index in [1.54, 1.807) is 57.4 Å². The lowest BCUT2D eigenvalue weighted by molar-refractivity contribution is -0.130. The van der Waals surface area contributed by atoms with Crippen molar-refractivity contribution in [2.45, 2.75) is 72.8 Å². The molecule has 0 saturated carbocycles. The summed E-state index contributed by atoms with van der Waals surface area (Å²) in [4.78, 5) is 38.2. The van der Waals surface area contributed by atoms with Crippen molar-refractivity contribution in [2.24, 2.45) is 11.7 Å². The van der Waals surface area contributed by atoms with E-state index in [1.807, 2.05) is 44.2 Å². The molecule has 8 nitrogen and oxygen atoms in total. The summed E-state index contributed by atoms with van der Waals surface area (Å²) in [7, 11) is 0. The number of pyridine rings is 1. The minimum absolute atomic E-state index is 0.0783. The van der Waals surface area contributed by atoms with E-state index in [0.29, 0.717) is 28.8 Å². The third-order valence-electron chi connectivity index (χ3n) is 5.73. The van der Waals surface area contributed by atoms with Gasteiger partial charge in [0.05, 0.1) is 6.54 Å². The SMILES string of the molecule is CC(C)Cn1c(CNC(=O)OC(C)(C)C)c(-c2ccccc2)c2cc(OC(C)(C)C(N)=O)ccc2c1=O. The van der Waals surface area contributed by atoms with E-state index >= 15 is 0 Å². The largest absolute Gasteiger partial charge is 0.478 e. The van der Waals surface area contributed by atoms with Crippen LogP contribution in [0.2, 0.25) is 0 Å². The third-order valence-corrected chi connectivity index (χ3v) is 5.73. The van der Waals surface area contributed by atoms with Gasteiger partial charge in [0.25, 0.3) is 11.5 Å². The lowest BCUT2D eigenvalue weighted by Crippen LogP contribution is -2.43. The number of fused-ring (bicyclic) bond motifs is 1. The Balaban J connectivity index is 2.29. The van der Waals surface area contributed by atoms with E-state index in [-0.39, 0.29) is 18.0 Å². The molecule has 198 valence electrons. The Morgan fingerprint density at radius 2 is 1.65 bits per heavy atom. The number of hydrogen-bond acceptors (Lipinski definition) is 5. The first kappa shape index (κ1) is 27.8. The van der Waals surface area contributed by atoms with Gasteiger partial charge in [0, 0.05) is 28.6 Å². The van der Waals surface area contributed by atoms with Crippen LogP contribution in [-0.4, -0.2) is 27.8 Å². The van der Waals surface area contributed by atoms with Gasteiger partial charge in [-0.15, -0.1) is 0 Å². The average molecular weight is 508 g/mol. The second kappa shape index (κ2) is 10.7. The second-order valence-electron chi connectivity index (χ2n) is 11.0. The van der Waals surface area contributed by atoms with Gasteiger partial charge in [-0.25, -0.2) is 4.79 Å². The van der Waals surface area contributed by atoms with Crippen LogP contribution < -0.4 is 21.3 Å². The molecule has 2 aromatic carbocycles. The average Bonchev–Trinajstić information content (AvgIpc) is 2.78. The Bertz CT molecular complexity index is 1350. The van der Waals surface area contributed by atoms with E-state index in [2.05, 4.69) is 5.32 Å². The number of ether oxygens (including phenoxy) is 2. The molecule has 8 heteroatoms. The van der Waals surface area contributed by atoms with Gasteiger partial charge in [-0.1, -0.05) is 44.2 Å². The van der Waals surface area contributed by atoms with Crippen molar-refractivity contribution in [3.8, 4) is 16.9 Å². The molecule has 0 radical (unpaired) electrons. The Morgan fingerprint density at radius 3 is 2.22 bits per heavy atom. The summed E-state index contributed by atoms with van der Waals surface area (Å²) in [6.07, 6.45) is -0.574. The molecular weight excluding hydrogens is 470 g/mol. The van der Waals surface area contributed by atoms with Crippen molar-refractivity contribution in [2.75, 3.05) is 0 Å². The first-order chi connectivity index (χ1) is 17.2. The quantitative estimate of drug-likeness (QED) is 0.446. The molecule has 0 unspecified atom stereocenters. The first-order valence-corrected chi connectivity index (χ1v) is 12.4. The standard InChI is InChI=1S/C29H37N3O5/c1-18(2)17-32-23(16-31-27(35)37-28(3,4)5)24(19-11-9-8-10-12-19)22-15-20(13-14-21(22)25(32)33)36-29(6,7)26(30)34/h8-15,18H,16-17H2,1-7H3,(H2,30,34)(H,31,35). The summed E-state index contributed by atoms with van der Waals surface area (Å²) in [6.45, 7) is 13.2. The van der Waals surface area contributed by atoms with Crippen molar-refractivity contribution in [1.82, 2.24) is 9.88 Å². The molecule has 3 N–H and O–H groups in total. The van der Waals surface area contributed by atoms with Gasteiger partial charge in [0.2, 0.25) is 0 Å². The fourth-order valence-electron chi connectivity index (χ4n) is 4.02. The first-order valence-electron chi connectivity index (χ1n) is 12.4. The highest BCUT2D eigenvalue weighted by molar-refractivity contribution is 5.98. The van der Waals surface area contributed by atoms with Crippen LogP contribution in [0.25, 0.3) is 21.9 Å². The minimum atomic E-state index is -1.24. The van der Waals surface area contributed by atoms with Gasteiger partial charge in [-0.05, 0) is 64.3 Å². The molecule has 0 atom stereocenters. The summed E-state index contributed by atoms with van der Waals surface area (Å²) in [6, 6.07) is 14.8. The van der Waals surface area contributed by atoms with Crippen LogP contribution in [0.4, 0.5) is 4.79 Å². The summed E-state index contributed by atoms with van der Waals surface area (Å²) in [5, 5.41) is 3.98. The number of nitrogens with two attached hydrogens (primary N) is 1. The zero-order chi connectivity index (χ0) is 27.5. The molecule has 0 fully saturated rings. The molecule has 0 aliphatic carbocycles. The summed E-state index contributed by atoms with van der Waals surface area (Å²) in [5.41, 5.74) is 5.74. The highest BCUT2D eigenvalue weighted by Crippen LogP contribution is 2.34. The van der Waals surface area contributed by atoms with Crippen LogP contribution in [-0.2, 0) is 22.6 Å². The maximum atomic E-state index is 13.8. The molecular formula is C29H37N3O5. The monoisotopic (exact) mass is 507 g/mol. The summed E-state index contributed by atoms with van der Waals surface area (Å²) < 4.78 is 13.1. The molecule has 0 saturated heterocycles. The van der Waals surface area contributed by atoms with Crippen LogP contribution >= 0.6 is 0 Å². The van der Waals surface area contributed by atoms with Gasteiger partial charge >= 0.3 is 6.09 Å². The molecule has 1 aromatic heterocycles. The highest BCUT2D eigenvalue weighted by atomic mass is 16.6. The predicted octanol–water partition coefficient (Wildman–Crippen LogP) is 4.99. The van der Waals surface area contributed by atoms with Gasteiger partial charge in [-0.3, -0.25) is 9.59 Å². The Labute approximate surface area is 217 Å². The number of carbonyl (C=O) groups excluding carboxylic acids is 2. The van der Waals surface area contributed by atoms with Gasteiger partial charge < -0.3 is 25.1 Å².